The maximum atomic E-state index is 14.6. The van der Waals surface area contributed by atoms with Gasteiger partial charge in [-0.15, -0.1) is 0 Å². The number of amides is 4. The normalized spacial score (nSPS) is 16.9. The molecule has 4 amide bonds. The topological polar surface area (TPSA) is 57.7 Å². The molecule has 5 nitrogen and oxygen atoms in total. The number of imide groups is 2. The Kier molecular flexibility index (Phi) is 6.00. The first-order valence-corrected chi connectivity index (χ1v) is 9.01. The number of rotatable bonds is 6. The number of hydrogen-bond acceptors (Lipinski definition) is 3. The van der Waals surface area contributed by atoms with E-state index in [0.29, 0.717) is 9.80 Å². The highest BCUT2D eigenvalue weighted by molar-refractivity contribution is 6.14. The van der Waals surface area contributed by atoms with Crippen LogP contribution in [0.25, 0.3) is 0 Å². The van der Waals surface area contributed by atoms with Gasteiger partial charge in [0.2, 0.25) is 11.8 Å². The van der Waals surface area contributed by atoms with Crippen LogP contribution in [0, 0.1) is 12.7 Å². The van der Waals surface area contributed by atoms with Crippen LogP contribution in [-0.2, 0) is 9.59 Å². The molecule has 0 saturated carbocycles. The molecule has 0 bridgehead atoms. The summed E-state index contributed by atoms with van der Waals surface area (Å²) < 4.78 is 42.2. The van der Waals surface area contributed by atoms with E-state index in [0.717, 1.165) is 17.7 Å². The van der Waals surface area contributed by atoms with Crippen molar-refractivity contribution < 1.29 is 27.6 Å². The number of benzene rings is 2. The van der Waals surface area contributed by atoms with E-state index < -0.39 is 55.5 Å². The predicted molar refractivity (Wildman–Crippen MR) is 98.7 cm³/mol. The summed E-state index contributed by atoms with van der Waals surface area (Å²) in [7, 11) is 0. The zero-order chi connectivity index (χ0) is 21.1. The number of carbonyl (C=O) groups excluding carboxylic acids is 3. The highest BCUT2D eigenvalue weighted by Crippen LogP contribution is 2.25. The molecule has 1 fully saturated rings. The van der Waals surface area contributed by atoms with Gasteiger partial charge < -0.3 is 0 Å². The van der Waals surface area contributed by atoms with Crippen LogP contribution in [0.5, 0.6) is 0 Å². The first-order valence-electron chi connectivity index (χ1n) is 9.01. The van der Waals surface area contributed by atoms with Crippen molar-refractivity contribution in [1.29, 1.82) is 0 Å². The average Bonchev–Trinajstić information content (AvgIpc) is 2.69. The van der Waals surface area contributed by atoms with E-state index in [1.54, 1.807) is 24.3 Å². The zero-order valence-electron chi connectivity index (χ0n) is 15.6. The molecule has 8 heteroatoms. The fraction of sp³-hybridized carbons (Fsp3) is 0.286. The summed E-state index contributed by atoms with van der Waals surface area (Å²) in [5, 5.41) is 0. The summed E-state index contributed by atoms with van der Waals surface area (Å²) in [6.45, 7) is 0.624. The Hall–Kier alpha value is -3.16. The molecule has 152 valence electrons. The minimum atomic E-state index is -1.77. The van der Waals surface area contributed by atoms with E-state index in [2.05, 4.69) is 0 Å². The number of carbonyl (C=O) groups is 3. The van der Waals surface area contributed by atoms with E-state index >= 15 is 0 Å². The summed E-state index contributed by atoms with van der Waals surface area (Å²) in [5.41, 5.74) is 1.30. The molecule has 2 atom stereocenters. The first kappa shape index (κ1) is 20.6. The summed E-state index contributed by atoms with van der Waals surface area (Å²) >= 11 is 0. The van der Waals surface area contributed by atoms with Crippen molar-refractivity contribution in [3.05, 3.63) is 71.0 Å². The Morgan fingerprint density at radius 1 is 0.793 bits per heavy atom. The van der Waals surface area contributed by atoms with Gasteiger partial charge in [0.1, 0.15) is 24.6 Å². The molecule has 29 heavy (non-hydrogen) atoms. The maximum Gasteiger partial charge on any atom is 0.333 e. The van der Waals surface area contributed by atoms with Crippen LogP contribution in [0.3, 0.4) is 0 Å². The smallest absolute Gasteiger partial charge is 0.274 e. The summed E-state index contributed by atoms with van der Waals surface area (Å²) in [4.78, 5) is 38.1. The van der Waals surface area contributed by atoms with Crippen LogP contribution in [0.2, 0.25) is 0 Å². The molecule has 1 aliphatic rings. The van der Waals surface area contributed by atoms with Gasteiger partial charge >= 0.3 is 6.03 Å². The van der Waals surface area contributed by atoms with Crippen molar-refractivity contribution in [1.82, 2.24) is 9.80 Å². The van der Waals surface area contributed by atoms with E-state index in [1.807, 2.05) is 6.92 Å². The summed E-state index contributed by atoms with van der Waals surface area (Å²) in [6, 6.07) is 9.97. The minimum absolute atomic E-state index is 0.0819. The Morgan fingerprint density at radius 3 is 1.66 bits per heavy atom. The zero-order valence-corrected chi connectivity index (χ0v) is 15.6. The van der Waals surface area contributed by atoms with Crippen LogP contribution in [-0.4, -0.2) is 40.7 Å². The second-order valence-electron chi connectivity index (χ2n) is 6.87. The van der Waals surface area contributed by atoms with Crippen molar-refractivity contribution in [2.75, 3.05) is 13.1 Å². The lowest BCUT2D eigenvalue weighted by atomic mass is 10.1. The van der Waals surface area contributed by atoms with Gasteiger partial charge in [-0.1, -0.05) is 42.0 Å². The lowest BCUT2D eigenvalue weighted by Gasteiger charge is -2.34. The summed E-state index contributed by atoms with van der Waals surface area (Å²) in [5.74, 6) is -2.23. The Labute approximate surface area is 165 Å². The van der Waals surface area contributed by atoms with E-state index in [-0.39, 0.29) is 11.1 Å². The first-order chi connectivity index (χ1) is 13.8. The third-order valence-electron chi connectivity index (χ3n) is 4.72. The quantitative estimate of drug-likeness (QED) is 0.683. The standard InChI is InChI=1S/C21H19F3N2O3/c1-13-2-4-14(5-3-13)17(23)11-25-19(27)10-20(28)26(21(25)29)12-18(24)15-6-8-16(22)9-7-15/h2-9,17-18H,10-12H2,1H3/t17-,18-/m1/s1. The van der Waals surface area contributed by atoms with Crippen LogP contribution in [0.15, 0.2) is 48.5 Å². The number of halogens is 3. The van der Waals surface area contributed by atoms with E-state index in [1.165, 1.54) is 12.1 Å². The number of nitrogens with zero attached hydrogens (tertiary/aromatic N) is 2. The predicted octanol–water partition coefficient (Wildman–Crippen LogP) is 4.04. The van der Waals surface area contributed by atoms with Crippen LogP contribution < -0.4 is 0 Å². The van der Waals surface area contributed by atoms with Crippen LogP contribution >= 0.6 is 0 Å². The minimum Gasteiger partial charge on any atom is -0.274 e. The molecule has 3 rings (SSSR count). The number of hydrogen-bond donors (Lipinski definition) is 0. The van der Waals surface area contributed by atoms with Gasteiger partial charge in [-0.3, -0.25) is 19.4 Å². The van der Waals surface area contributed by atoms with Gasteiger partial charge in [0, 0.05) is 0 Å². The van der Waals surface area contributed by atoms with E-state index in [4.69, 9.17) is 0 Å². The molecule has 1 heterocycles. The van der Waals surface area contributed by atoms with Crippen molar-refractivity contribution in [2.24, 2.45) is 0 Å². The fourth-order valence-corrected chi connectivity index (χ4v) is 3.02. The Morgan fingerprint density at radius 2 is 1.21 bits per heavy atom. The third kappa shape index (κ3) is 4.64. The molecular formula is C21H19F3N2O3. The molecule has 2 aromatic rings. The molecule has 0 spiro atoms. The lowest BCUT2D eigenvalue weighted by Crippen LogP contribution is -2.56. The molecule has 0 N–H and O–H groups in total. The van der Waals surface area contributed by atoms with E-state index in [9.17, 15) is 27.6 Å². The number of barbiturate groups is 1. The second-order valence-corrected chi connectivity index (χ2v) is 6.87. The van der Waals surface area contributed by atoms with Gasteiger partial charge in [-0.25, -0.2) is 18.0 Å². The molecule has 0 aromatic heterocycles. The highest BCUT2D eigenvalue weighted by atomic mass is 19.1. The second kappa shape index (κ2) is 8.46. The molecule has 0 unspecified atom stereocenters. The van der Waals surface area contributed by atoms with Crippen molar-refractivity contribution in [3.63, 3.8) is 0 Å². The van der Waals surface area contributed by atoms with Crippen molar-refractivity contribution >= 4 is 17.8 Å². The van der Waals surface area contributed by atoms with Gasteiger partial charge in [-0.2, -0.15) is 0 Å². The third-order valence-corrected chi connectivity index (χ3v) is 4.72. The van der Waals surface area contributed by atoms with Crippen LogP contribution in [0.4, 0.5) is 18.0 Å². The molecule has 1 saturated heterocycles. The molecule has 1 aliphatic heterocycles. The van der Waals surface area contributed by atoms with Crippen molar-refractivity contribution in [3.8, 4) is 0 Å². The number of aryl methyl sites for hydroxylation is 1. The van der Waals surface area contributed by atoms with Gasteiger partial charge in [0.15, 0.2) is 0 Å². The lowest BCUT2D eigenvalue weighted by molar-refractivity contribution is -0.143. The van der Waals surface area contributed by atoms with Gasteiger partial charge in [-0.05, 0) is 30.2 Å². The average molecular weight is 404 g/mol. The Bertz CT molecular complexity index is 842. The summed E-state index contributed by atoms with van der Waals surface area (Å²) in [6.07, 6.45) is -4.06. The molecule has 2 aromatic carbocycles. The maximum absolute atomic E-state index is 14.6. The molecule has 0 radical (unpaired) electrons. The molecule has 0 aliphatic carbocycles. The highest BCUT2D eigenvalue weighted by Gasteiger charge is 2.40. The fourth-order valence-electron chi connectivity index (χ4n) is 3.02. The van der Waals surface area contributed by atoms with Crippen LogP contribution in [0.1, 0.15) is 35.5 Å². The van der Waals surface area contributed by atoms with Gasteiger partial charge in [0.25, 0.3) is 0 Å². The number of urea groups is 1. The van der Waals surface area contributed by atoms with Crippen molar-refractivity contribution in [2.45, 2.75) is 25.7 Å². The van der Waals surface area contributed by atoms with Gasteiger partial charge in [0.05, 0.1) is 13.1 Å². The SMILES string of the molecule is Cc1ccc([C@H](F)CN2C(=O)CC(=O)N(C[C@@H](F)c3ccc(F)cc3)C2=O)cc1. The Balaban J connectivity index is 1.73. The largest absolute Gasteiger partial charge is 0.333 e. The molecular weight excluding hydrogens is 385 g/mol. The monoisotopic (exact) mass is 404 g/mol. The number of alkyl halides is 2.